The average molecular weight is 403 g/mol. The Balaban J connectivity index is 1.88. The summed E-state index contributed by atoms with van der Waals surface area (Å²) in [6, 6.07) is 12.5. The molecule has 3 aromatic rings. The van der Waals surface area contributed by atoms with Crippen LogP contribution in [0.4, 0.5) is 0 Å². The lowest BCUT2D eigenvalue weighted by atomic mass is 10.1. The average Bonchev–Trinajstić information content (AvgIpc) is 3.11. The van der Waals surface area contributed by atoms with Gasteiger partial charge in [-0.25, -0.2) is 4.79 Å². The molecule has 138 valence electrons. The summed E-state index contributed by atoms with van der Waals surface area (Å²) in [5.41, 5.74) is 2.39. The first-order valence-electron chi connectivity index (χ1n) is 7.83. The van der Waals surface area contributed by atoms with E-state index in [-0.39, 0.29) is 16.0 Å². The second kappa shape index (κ2) is 8.28. The fourth-order valence-electron chi connectivity index (χ4n) is 2.25. The third-order valence-corrected chi connectivity index (χ3v) is 4.67. The lowest BCUT2D eigenvalue weighted by Gasteiger charge is -2.04. The van der Waals surface area contributed by atoms with Crippen LogP contribution in [0.1, 0.15) is 11.1 Å². The highest BCUT2D eigenvalue weighted by molar-refractivity contribution is 8.03. The number of benzene rings is 2. The topological polar surface area (TPSA) is 85.5 Å². The van der Waals surface area contributed by atoms with Gasteiger partial charge in [0.1, 0.15) is 10.7 Å². The zero-order valence-corrected chi connectivity index (χ0v) is 16.0. The fraction of sp³-hybridized carbons (Fsp3) is 0.105. The molecular weight excluding hydrogens is 388 g/mol. The number of thioether (sulfide) groups is 1. The number of ether oxygens (including phenoxy) is 1. The molecule has 3 rings (SSSR count). The number of aryl methyl sites for hydroxylation is 1. The maximum Gasteiger partial charge on any atom is 0.342 e. The number of carbonyl (C=O) groups is 1. The molecule has 0 bridgehead atoms. The minimum Gasteiger partial charge on any atom is -0.496 e. The zero-order valence-electron chi connectivity index (χ0n) is 14.5. The molecule has 1 aromatic heterocycles. The van der Waals surface area contributed by atoms with E-state index in [1.807, 2.05) is 31.2 Å². The van der Waals surface area contributed by atoms with Gasteiger partial charge in [-0.3, -0.25) is 0 Å². The molecule has 0 fully saturated rings. The maximum absolute atomic E-state index is 11.6. The number of aromatic nitrogens is 2. The summed E-state index contributed by atoms with van der Waals surface area (Å²) in [7, 11) is 1.52. The number of carboxylic acids is 1. The highest BCUT2D eigenvalue weighted by Gasteiger charge is 2.18. The van der Waals surface area contributed by atoms with Crippen LogP contribution in [0.15, 0.2) is 57.0 Å². The third-order valence-electron chi connectivity index (χ3n) is 3.58. The van der Waals surface area contributed by atoms with Crippen LogP contribution in [-0.2, 0) is 4.79 Å². The van der Waals surface area contributed by atoms with Crippen molar-refractivity contribution in [1.29, 1.82) is 0 Å². The summed E-state index contributed by atoms with van der Waals surface area (Å²) in [6.45, 7) is 1.96. The molecule has 0 amide bonds. The Morgan fingerprint density at radius 2 is 1.96 bits per heavy atom. The molecule has 8 heteroatoms. The lowest BCUT2D eigenvalue weighted by Crippen LogP contribution is -1.96. The molecule has 2 aromatic carbocycles. The number of methoxy groups -OCH3 is 1. The predicted molar refractivity (Wildman–Crippen MR) is 104 cm³/mol. The van der Waals surface area contributed by atoms with E-state index in [9.17, 15) is 9.90 Å². The van der Waals surface area contributed by atoms with Gasteiger partial charge in [0.15, 0.2) is 0 Å². The fourth-order valence-corrected chi connectivity index (χ4v) is 3.09. The van der Waals surface area contributed by atoms with Crippen molar-refractivity contribution in [2.75, 3.05) is 7.11 Å². The van der Waals surface area contributed by atoms with E-state index in [2.05, 4.69) is 10.2 Å². The molecule has 0 atom stereocenters. The summed E-state index contributed by atoms with van der Waals surface area (Å²) in [4.78, 5) is 11.6. The van der Waals surface area contributed by atoms with Gasteiger partial charge in [-0.15, -0.1) is 10.2 Å². The molecule has 0 radical (unpaired) electrons. The van der Waals surface area contributed by atoms with Crippen molar-refractivity contribution < 1.29 is 19.1 Å². The summed E-state index contributed by atoms with van der Waals surface area (Å²) in [6.07, 6.45) is 1.55. The molecule has 1 N–H and O–H groups in total. The van der Waals surface area contributed by atoms with E-state index in [1.54, 1.807) is 24.3 Å². The largest absolute Gasteiger partial charge is 0.496 e. The molecule has 0 saturated carbocycles. The van der Waals surface area contributed by atoms with E-state index < -0.39 is 5.97 Å². The maximum atomic E-state index is 11.6. The lowest BCUT2D eigenvalue weighted by molar-refractivity contribution is -0.131. The van der Waals surface area contributed by atoms with E-state index in [0.717, 1.165) is 22.9 Å². The highest BCUT2D eigenvalue weighted by atomic mass is 35.5. The monoisotopic (exact) mass is 402 g/mol. The molecule has 0 aliphatic heterocycles. The second-order valence-electron chi connectivity index (χ2n) is 5.54. The molecule has 0 aliphatic rings. The van der Waals surface area contributed by atoms with Crippen LogP contribution in [0.3, 0.4) is 0 Å². The van der Waals surface area contributed by atoms with Gasteiger partial charge >= 0.3 is 5.97 Å². The normalized spacial score (nSPS) is 11.4. The van der Waals surface area contributed by atoms with E-state index in [4.69, 9.17) is 20.8 Å². The van der Waals surface area contributed by atoms with Crippen molar-refractivity contribution in [3.8, 4) is 17.2 Å². The van der Waals surface area contributed by atoms with Crippen molar-refractivity contribution >= 4 is 35.4 Å². The Kier molecular flexibility index (Phi) is 5.83. The summed E-state index contributed by atoms with van der Waals surface area (Å²) >= 11 is 6.90. The molecule has 1 heterocycles. The van der Waals surface area contributed by atoms with Gasteiger partial charge in [-0.05, 0) is 48.5 Å². The van der Waals surface area contributed by atoms with Crippen LogP contribution < -0.4 is 4.74 Å². The third kappa shape index (κ3) is 4.69. The summed E-state index contributed by atoms with van der Waals surface area (Å²) in [5.74, 6) is -0.370. The molecule has 0 aliphatic carbocycles. The van der Waals surface area contributed by atoms with Gasteiger partial charge in [0.25, 0.3) is 11.1 Å². The van der Waals surface area contributed by atoms with Gasteiger partial charge in [0.05, 0.1) is 12.7 Å². The van der Waals surface area contributed by atoms with Gasteiger partial charge < -0.3 is 14.3 Å². The highest BCUT2D eigenvalue weighted by Crippen LogP contribution is 2.34. The Morgan fingerprint density at radius 3 is 2.63 bits per heavy atom. The predicted octanol–water partition coefficient (Wildman–Crippen LogP) is 4.92. The first-order chi connectivity index (χ1) is 13.0. The van der Waals surface area contributed by atoms with Crippen molar-refractivity contribution in [2.24, 2.45) is 0 Å². The van der Waals surface area contributed by atoms with Gasteiger partial charge in [0.2, 0.25) is 0 Å². The minimum absolute atomic E-state index is 0.0621. The Bertz CT molecular complexity index is 999. The van der Waals surface area contributed by atoms with Crippen LogP contribution in [-0.4, -0.2) is 28.4 Å². The smallest absolute Gasteiger partial charge is 0.342 e. The van der Waals surface area contributed by atoms with Crippen LogP contribution in [0, 0.1) is 6.92 Å². The Morgan fingerprint density at radius 1 is 1.22 bits per heavy atom. The molecule has 6 nitrogen and oxygen atoms in total. The van der Waals surface area contributed by atoms with E-state index in [0.29, 0.717) is 16.3 Å². The minimum atomic E-state index is -1.08. The first kappa shape index (κ1) is 19.0. The van der Waals surface area contributed by atoms with Crippen molar-refractivity contribution in [3.05, 3.63) is 63.5 Å². The number of hydrogen-bond acceptors (Lipinski definition) is 6. The Labute approximate surface area is 164 Å². The number of aliphatic carboxylic acids is 1. The van der Waals surface area contributed by atoms with Gasteiger partial charge in [-0.2, -0.15) is 0 Å². The molecule has 27 heavy (non-hydrogen) atoms. The van der Waals surface area contributed by atoms with Crippen LogP contribution >= 0.6 is 23.4 Å². The van der Waals surface area contributed by atoms with Crippen LogP contribution in [0.5, 0.6) is 5.75 Å². The number of nitrogens with zero attached hydrogens (tertiary/aromatic N) is 2. The zero-order chi connectivity index (χ0) is 19.4. The van der Waals surface area contributed by atoms with E-state index in [1.165, 1.54) is 7.11 Å². The van der Waals surface area contributed by atoms with Crippen molar-refractivity contribution in [3.63, 3.8) is 0 Å². The van der Waals surface area contributed by atoms with Crippen LogP contribution in [0.2, 0.25) is 5.02 Å². The number of rotatable bonds is 6. The Hall–Kier alpha value is -2.77. The summed E-state index contributed by atoms with van der Waals surface area (Å²) in [5, 5.41) is 18.0. The number of carboxylic acid groups (broad SMARTS) is 1. The van der Waals surface area contributed by atoms with Gasteiger partial charge in [0, 0.05) is 5.02 Å². The van der Waals surface area contributed by atoms with Crippen molar-refractivity contribution in [1.82, 2.24) is 10.2 Å². The standard InChI is InChI=1S/C19H15ClN2O4S/c1-11-3-5-12(6-4-11)9-16(18(23)24)27-19-22-21-17(26-19)14-10-13(20)7-8-15(14)25-2/h3-10H,1-2H3,(H,23,24)/b16-9-. The molecule has 0 spiro atoms. The van der Waals surface area contributed by atoms with Crippen LogP contribution in [0.25, 0.3) is 17.5 Å². The number of halogens is 1. The molecule has 0 unspecified atom stereocenters. The SMILES string of the molecule is COc1ccc(Cl)cc1-c1nnc(S/C(=C\c2ccc(C)cc2)C(=O)O)o1. The quantitative estimate of drug-likeness (QED) is 0.462. The second-order valence-corrected chi connectivity index (χ2v) is 6.97. The van der Waals surface area contributed by atoms with Gasteiger partial charge in [-0.1, -0.05) is 41.4 Å². The van der Waals surface area contributed by atoms with E-state index >= 15 is 0 Å². The summed E-state index contributed by atoms with van der Waals surface area (Å²) < 4.78 is 10.9. The number of hydrogen-bond donors (Lipinski definition) is 1. The molecule has 0 saturated heterocycles. The van der Waals surface area contributed by atoms with Crippen molar-refractivity contribution in [2.45, 2.75) is 12.1 Å². The first-order valence-corrected chi connectivity index (χ1v) is 9.02. The molecular formula is C19H15ClN2O4S.